The lowest BCUT2D eigenvalue weighted by Gasteiger charge is -2.20. The Kier molecular flexibility index (Phi) is 2.17. The minimum absolute atomic E-state index is 0.158. The van der Waals surface area contributed by atoms with E-state index in [4.69, 9.17) is 4.74 Å². The molecule has 0 saturated heterocycles. The molecule has 0 aromatic carbocycles. The van der Waals surface area contributed by atoms with Gasteiger partial charge in [-0.1, -0.05) is 6.92 Å². The van der Waals surface area contributed by atoms with Crippen LogP contribution in [0.4, 0.5) is 8.78 Å². The first kappa shape index (κ1) is 9.43. The van der Waals surface area contributed by atoms with Crippen molar-refractivity contribution in [1.82, 2.24) is 9.78 Å². The molecule has 1 aliphatic rings. The molecule has 1 aromatic heterocycles. The summed E-state index contributed by atoms with van der Waals surface area (Å²) in [6, 6.07) is 0. The van der Waals surface area contributed by atoms with Gasteiger partial charge in [0, 0.05) is 11.5 Å². The SMILES string of the molecule is Cc1c(C(F)F)nn2c1OCC(C)C2. The lowest BCUT2D eigenvalue weighted by atomic mass is 10.2. The molecule has 0 saturated carbocycles. The fraction of sp³-hybridized carbons (Fsp3) is 0.667. The lowest BCUT2D eigenvalue weighted by Crippen LogP contribution is -2.23. The van der Waals surface area contributed by atoms with Gasteiger partial charge in [-0.25, -0.2) is 13.5 Å². The Balaban J connectivity index is 2.40. The molecule has 1 aliphatic heterocycles. The Morgan fingerprint density at radius 1 is 1.57 bits per heavy atom. The number of ether oxygens (including phenoxy) is 1. The van der Waals surface area contributed by atoms with Gasteiger partial charge in [-0.2, -0.15) is 5.10 Å². The van der Waals surface area contributed by atoms with Gasteiger partial charge in [0.2, 0.25) is 5.88 Å². The summed E-state index contributed by atoms with van der Waals surface area (Å²) in [6.45, 7) is 4.86. The van der Waals surface area contributed by atoms with E-state index < -0.39 is 6.43 Å². The third-order valence-electron chi connectivity index (χ3n) is 2.36. The number of nitrogens with zero attached hydrogens (tertiary/aromatic N) is 2. The van der Waals surface area contributed by atoms with Gasteiger partial charge in [-0.05, 0) is 6.92 Å². The largest absolute Gasteiger partial charge is 0.477 e. The first-order valence-corrected chi connectivity index (χ1v) is 4.58. The van der Waals surface area contributed by atoms with E-state index in [0.717, 1.165) is 0 Å². The second-order valence-corrected chi connectivity index (χ2v) is 3.71. The van der Waals surface area contributed by atoms with Crippen LogP contribution in [0.2, 0.25) is 0 Å². The zero-order chi connectivity index (χ0) is 10.3. The van der Waals surface area contributed by atoms with Crippen LogP contribution < -0.4 is 4.74 Å². The van der Waals surface area contributed by atoms with Crippen LogP contribution in [-0.2, 0) is 6.54 Å². The second-order valence-electron chi connectivity index (χ2n) is 3.71. The Morgan fingerprint density at radius 2 is 2.29 bits per heavy atom. The van der Waals surface area contributed by atoms with Crippen molar-refractivity contribution >= 4 is 0 Å². The van der Waals surface area contributed by atoms with Crippen molar-refractivity contribution in [3.8, 4) is 5.88 Å². The van der Waals surface area contributed by atoms with E-state index in [2.05, 4.69) is 5.10 Å². The van der Waals surface area contributed by atoms with Crippen molar-refractivity contribution in [3.63, 3.8) is 0 Å². The first-order valence-electron chi connectivity index (χ1n) is 4.58. The molecule has 0 aliphatic carbocycles. The number of aromatic nitrogens is 2. The summed E-state index contributed by atoms with van der Waals surface area (Å²) in [5, 5.41) is 3.84. The van der Waals surface area contributed by atoms with Gasteiger partial charge in [-0.15, -0.1) is 0 Å². The Morgan fingerprint density at radius 3 is 2.93 bits per heavy atom. The summed E-state index contributed by atoms with van der Waals surface area (Å²) in [5.41, 5.74) is 0.306. The molecule has 2 heterocycles. The Hall–Kier alpha value is -1.13. The normalized spacial score (nSPS) is 20.8. The van der Waals surface area contributed by atoms with Crippen LogP contribution >= 0.6 is 0 Å². The maximum absolute atomic E-state index is 12.5. The molecular formula is C9H12F2N2O. The molecule has 0 fully saturated rings. The van der Waals surface area contributed by atoms with E-state index in [1.807, 2.05) is 6.92 Å². The van der Waals surface area contributed by atoms with E-state index in [0.29, 0.717) is 30.5 Å². The summed E-state index contributed by atoms with van der Waals surface area (Å²) < 4.78 is 31.9. The molecule has 0 spiro atoms. The van der Waals surface area contributed by atoms with Crippen molar-refractivity contribution in [3.05, 3.63) is 11.3 Å². The van der Waals surface area contributed by atoms with Crippen LogP contribution in [-0.4, -0.2) is 16.4 Å². The van der Waals surface area contributed by atoms with Crippen molar-refractivity contribution in [2.75, 3.05) is 6.61 Å². The van der Waals surface area contributed by atoms with E-state index in [-0.39, 0.29) is 5.69 Å². The average Bonchev–Trinajstić information content (AvgIpc) is 2.43. The highest BCUT2D eigenvalue weighted by atomic mass is 19.3. The molecule has 78 valence electrons. The molecule has 2 rings (SSSR count). The molecule has 0 radical (unpaired) electrons. The fourth-order valence-corrected chi connectivity index (χ4v) is 1.64. The summed E-state index contributed by atoms with van der Waals surface area (Å²) in [5.74, 6) is 0.825. The maximum atomic E-state index is 12.5. The van der Waals surface area contributed by atoms with Crippen LogP contribution in [0, 0.1) is 12.8 Å². The summed E-state index contributed by atoms with van der Waals surface area (Å²) in [7, 11) is 0. The van der Waals surface area contributed by atoms with E-state index in [1.54, 1.807) is 6.92 Å². The van der Waals surface area contributed by atoms with Gasteiger partial charge in [0.25, 0.3) is 6.43 Å². The predicted octanol–water partition coefficient (Wildman–Crippen LogP) is 2.16. The summed E-state index contributed by atoms with van der Waals surface area (Å²) in [4.78, 5) is 0. The summed E-state index contributed by atoms with van der Waals surface area (Å²) >= 11 is 0. The minimum atomic E-state index is -2.52. The zero-order valence-corrected chi connectivity index (χ0v) is 8.13. The number of fused-ring (bicyclic) bond motifs is 1. The number of hydrogen-bond acceptors (Lipinski definition) is 2. The monoisotopic (exact) mass is 202 g/mol. The minimum Gasteiger partial charge on any atom is -0.477 e. The molecule has 1 unspecified atom stereocenters. The van der Waals surface area contributed by atoms with E-state index in [9.17, 15) is 8.78 Å². The Bertz CT molecular complexity index is 349. The van der Waals surface area contributed by atoms with Crippen molar-refractivity contribution in [2.24, 2.45) is 5.92 Å². The molecule has 3 nitrogen and oxygen atoms in total. The smallest absolute Gasteiger partial charge is 0.282 e. The standard InChI is InChI=1S/C9H12F2N2O/c1-5-3-13-9(14-4-5)6(2)7(12-13)8(10)11/h5,8H,3-4H2,1-2H3. The number of halogens is 2. The fourth-order valence-electron chi connectivity index (χ4n) is 1.64. The third kappa shape index (κ3) is 1.36. The molecular weight excluding hydrogens is 190 g/mol. The molecule has 5 heteroatoms. The molecule has 1 atom stereocenters. The second kappa shape index (κ2) is 3.22. The number of alkyl halides is 2. The van der Waals surface area contributed by atoms with Gasteiger partial charge in [-0.3, -0.25) is 0 Å². The van der Waals surface area contributed by atoms with Gasteiger partial charge < -0.3 is 4.74 Å². The van der Waals surface area contributed by atoms with Gasteiger partial charge in [0.1, 0.15) is 5.69 Å². The average molecular weight is 202 g/mol. The third-order valence-corrected chi connectivity index (χ3v) is 2.36. The molecule has 1 aromatic rings. The topological polar surface area (TPSA) is 27.1 Å². The first-order chi connectivity index (χ1) is 6.59. The van der Waals surface area contributed by atoms with Gasteiger partial charge >= 0.3 is 0 Å². The molecule has 14 heavy (non-hydrogen) atoms. The Labute approximate surface area is 80.7 Å². The summed E-state index contributed by atoms with van der Waals surface area (Å²) in [6.07, 6.45) is -2.52. The van der Waals surface area contributed by atoms with Crippen molar-refractivity contribution in [2.45, 2.75) is 26.8 Å². The number of hydrogen-bond donors (Lipinski definition) is 0. The van der Waals surface area contributed by atoms with Crippen LogP contribution in [0.3, 0.4) is 0 Å². The van der Waals surface area contributed by atoms with Crippen LogP contribution in [0.15, 0.2) is 0 Å². The van der Waals surface area contributed by atoms with E-state index >= 15 is 0 Å². The predicted molar refractivity (Wildman–Crippen MR) is 46.6 cm³/mol. The number of rotatable bonds is 1. The maximum Gasteiger partial charge on any atom is 0.282 e. The lowest BCUT2D eigenvalue weighted by molar-refractivity contribution is 0.143. The van der Waals surface area contributed by atoms with E-state index in [1.165, 1.54) is 4.68 Å². The van der Waals surface area contributed by atoms with Gasteiger partial charge in [0.05, 0.1) is 13.2 Å². The van der Waals surface area contributed by atoms with Crippen LogP contribution in [0.5, 0.6) is 5.88 Å². The highest BCUT2D eigenvalue weighted by Crippen LogP contribution is 2.31. The highest BCUT2D eigenvalue weighted by Gasteiger charge is 2.26. The van der Waals surface area contributed by atoms with Crippen molar-refractivity contribution in [1.29, 1.82) is 0 Å². The highest BCUT2D eigenvalue weighted by molar-refractivity contribution is 5.31. The van der Waals surface area contributed by atoms with Gasteiger partial charge in [0.15, 0.2) is 0 Å². The van der Waals surface area contributed by atoms with Crippen molar-refractivity contribution < 1.29 is 13.5 Å². The van der Waals surface area contributed by atoms with Crippen LogP contribution in [0.1, 0.15) is 24.6 Å². The molecule has 0 bridgehead atoms. The van der Waals surface area contributed by atoms with Crippen LogP contribution in [0.25, 0.3) is 0 Å². The molecule has 0 amide bonds. The zero-order valence-electron chi connectivity index (χ0n) is 8.13. The quantitative estimate of drug-likeness (QED) is 0.697. The molecule has 0 N–H and O–H groups in total.